The summed E-state index contributed by atoms with van der Waals surface area (Å²) >= 11 is 0. The highest BCUT2D eigenvalue weighted by Crippen LogP contribution is 2.52. The zero-order valence-electron chi connectivity index (χ0n) is 16.1. The summed E-state index contributed by atoms with van der Waals surface area (Å²) in [5.74, 6) is 0.196. The van der Waals surface area contributed by atoms with Crippen LogP contribution < -0.4 is 5.32 Å². The summed E-state index contributed by atoms with van der Waals surface area (Å²) in [4.78, 5) is 12.6. The minimum Gasteiger partial charge on any atom is -0.461 e. The first-order valence-corrected chi connectivity index (χ1v) is 9.96. The molecule has 4 rings (SSSR count). The van der Waals surface area contributed by atoms with Gasteiger partial charge in [-0.3, -0.25) is 4.79 Å². The van der Waals surface area contributed by atoms with Gasteiger partial charge in [-0.05, 0) is 44.1 Å². The van der Waals surface area contributed by atoms with Gasteiger partial charge < -0.3 is 10.1 Å². The van der Waals surface area contributed by atoms with E-state index in [1.54, 1.807) is 0 Å². The van der Waals surface area contributed by atoms with Crippen LogP contribution in [-0.4, -0.2) is 18.6 Å². The van der Waals surface area contributed by atoms with Gasteiger partial charge in [0.2, 0.25) is 0 Å². The first kappa shape index (κ1) is 17.5. The second-order valence-corrected chi connectivity index (χ2v) is 8.60. The molecule has 2 aliphatic carbocycles. The smallest absolute Gasteiger partial charge is 0.315 e. The molecule has 0 saturated carbocycles. The average molecular weight is 352 g/mol. The van der Waals surface area contributed by atoms with E-state index in [1.807, 2.05) is 6.07 Å². The Labute approximate surface area is 156 Å². The predicted octanol–water partition coefficient (Wildman–Crippen LogP) is 3.55. The van der Waals surface area contributed by atoms with Gasteiger partial charge in [0.05, 0.1) is 6.54 Å². The maximum absolute atomic E-state index is 12.6. The quantitative estimate of drug-likeness (QED) is 0.842. The van der Waals surface area contributed by atoms with Crippen LogP contribution in [0.4, 0.5) is 0 Å². The van der Waals surface area contributed by atoms with Crippen LogP contribution in [0.15, 0.2) is 53.6 Å². The van der Waals surface area contributed by atoms with Crippen molar-refractivity contribution in [2.45, 2.75) is 52.2 Å². The molecule has 26 heavy (non-hydrogen) atoms. The van der Waals surface area contributed by atoms with Gasteiger partial charge in [-0.2, -0.15) is 0 Å². The van der Waals surface area contributed by atoms with E-state index in [-0.39, 0.29) is 29.3 Å². The van der Waals surface area contributed by atoms with E-state index in [2.05, 4.69) is 62.5 Å². The second kappa shape index (κ2) is 6.70. The van der Waals surface area contributed by atoms with Gasteiger partial charge in [0.15, 0.2) is 0 Å². The third kappa shape index (κ3) is 3.03. The van der Waals surface area contributed by atoms with Crippen molar-refractivity contribution in [2.24, 2.45) is 17.3 Å². The molecule has 1 aliphatic heterocycles. The highest BCUT2D eigenvalue weighted by molar-refractivity contribution is 5.76. The highest BCUT2D eigenvalue weighted by Gasteiger charge is 2.51. The van der Waals surface area contributed by atoms with Gasteiger partial charge in [0.25, 0.3) is 0 Å². The fraction of sp³-hybridized carbons (Fsp3) is 0.522. The molecule has 5 atom stereocenters. The number of hydrogen-bond acceptors (Lipinski definition) is 2. The molecule has 0 bridgehead atoms. The van der Waals surface area contributed by atoms with Crippen LogP contribution in [-0.2, 0) is 9.53 Å². The number of ether oxygens (including phenoxy) is 1. The number of allylic oxidation sites excluding steroid dienone is 3. The second-order valence-electron chi connectivity index (χ2n) is 8.60. The molecular formula is C23H30NO2+. The minimum absolute atomic E-state index is 0.00255. The summed E-state index contributed by atoms with van der Waals surface area (Å²) in [5.41, 5.74) is 4.34. The Balaban J connectivity index is 1.52. The van der Waals surface area contributed by atoms with Gasteiger partial charge in [0.1, 0.15) is 18.1 Å². The third-order valence-electron chi connectivity index (χ3n) is 6.77. The van der Waals surface area contributed by atoms with E-state index in [4.69, 9.17) is 4.74 Å². The van der Waals surface area contributed by atoms with E-state index < -0.39 is 0 Å². The summed E-state index contributed by atoms with van der Waals surface area (Å²) in [5, 5.41) is 2.29. The van der Waals surface area contributed by atoms with E-state index >= 15 is 0 Å². The zero-order chi connectivity index (χ0) is 18.3. The molecule has 0 unspecified atom stereocenters. The van der Waals surface area contributed by atoms with Gasteiger partial charge in [0, 0.05) is 11.5 Å². The normalized spacial score (nSPS) is 34.3. The van der Waals surface area contributed by atoms with E-state index in [0.717, 1.165) is 19.4 Å². The maximum Gasteiger partial charge on any atom is 0.315 e. The van der Waals surface area contributed by atoms with Crippen LogP contribution in [0.25, 0.3) is 0 Å². The number of hydrogen-bond donors (Lipinski definition) is 1. The van der Waals surface area contributed by atoms with Gasteiger partial charge in [-0.25, -0.2) is 0 Å². The number of nitrogens with two attached hydrogens (primary N) is 1. The molecule has 0 radical (unpaired) electrons. The molecule has 0 amide bonds. The zero-order valence-corrected chi connectivity index (χ0v) is 16.1. The van der Waals surface area contributed by atoms with E-state index in [0.29, 0.717) is 6.04 Å². The molecule has 1 heterocycles. The molecule has 3 heteroatoms. The number of quaternary nitrogens is 1. The first-order chi connectivity index (χ1) is 12.5. The summed E-state index contributed by atoms with van der Waals surface area (Å²) in [7, 11) is 0. The lowest BCUT2D eigenvalue weighted by Crippen LogP contribution is -2.86. The minimum atomic E-state index is -0.0297. The number of fused-ring (bicyclic) bond motifs is 2. The Morgan fingerprint density at radius 1 is 1.31 bits per heavy atom. The Hall–Kier alpha value is -1.87. The van der Waals surface area contributed by atoms with Crippen molar-refractivity contribution in [2.75, 3.05) is 6.54 Å². The Morgan fingerprint density at radius 2 is 2.08 bits per heavy atom. The molecule has 0 spiro atoms. The van der Waals surface area contributed by atoms with Crippen LogP contribution in [0.2, 0.25) is 0 Å². The fourth-order valence-electron chi connectivity index (χ4n) is 5.14. The summed E-state index contributed by atoms with van der Waals surface area (Å²) < 4.78 is 5.84. The lowest BCUT2D eigenvalue weighted by atomic mass is 9.62. The molecule has 1 fully saturated rings. The Morgan fingerprint density at radius 3 is 2.85 bits per heavy atom. The Bertz CT molecular complexity index is 751. The molecular weight excluding hydrogens is 322 g/mol. The standard InChI is InChI=1S/C23H29NO2/c1-15-8-7-11-23(3)13-21-18(12-20(15)23)19(22(25)26-21)14-24-16(2)17-9-5-4-6-10-17/h4-6,8-10,12,16,18-19,21,24H,7,11,13-14H2,1-3H3/p+1/t16-,18+,19-,21+,23+/m0/s1. The summed E-state index contributed by atoms with van der Waals surface area (Å²) in [6, 6.07) is 10.8. The molecule has 1 saturated heterocycles. The summed E-state index contributed by atoms with van der Waals surface area (Å²) in [6.45, 7) is 7.56. The average Bonchev–Trinajstić information content (AvgIpc) is 2.92. The van der Waals surface area contributed by atoms with Crippen molar-refractivity contribution < 1.29 is 14.8 Å². The number of carbonyl (C=O) groups is 1. The SMILES string of the molecule is CC1=CCC[C@]2(C)C[C@H]3OC(=O)[C@@H](C[NH2+][C@@H](C)c4ccccc4)[C@H]3C=C12. The van der Waals surface area contributed by atoms with Crippen molar-refractivity contribution in [3.63, 3.8) is 0 Å². The van der Waals surface area contributed by atoms with Crippen LogP contribution in [0.1, 0.15) is 51.6 Å². The van der Waals surface area contributed by atoms with Gasteiger partial charge in [-0.15, -0.1) is 0 Å². The van der Waals surface area contributed by atoms with Crippen molar-refractivity contribution in [1.82, 2.24) is 0 Å². The van der Waals surface area contributed by atoms with Crippen LogP contribution in [0.3, 0.4) is 0 Å². The lowest BCUT2D eigenvalue weighted by molar-refractivity contribution is -0.696. The summed E-state index contributed by atoms with van der Waals surface area (Å²) in [6.07, 6.45) is 8.08. The van der Waals surface area contributed by atoms with Crippen molar-refractivity contribution in [3.05, 3.63) is 59.2 Å². The third-order valence-corrected chi connectivity index (χ3v) is 6.77. The molecule has 0 aromatic heterocycles. The maximum atomic E-state index is 12.6. The predicted molar refractivity (Wildman–Crippen MR) is 102 cm³/mol. The lowest BCUT2D eigenvalue weighted by Gasteiger charge is -2.42. The number of carbonyl (C=O) groups excluding carboxylic acids is 1. The van der Waals surface area contributed by atoms with Crippen LogP contribution in [0.5, 0.6) is 0 Å². The number of benzene rings is 1. The van der Waals surface area contributed by atoms with Crippen LogP contribution in [0, 0.1) is 17.3 Å². The van der Waals surface area contributed by atoms with Gasteiger partial charge >= 0.3 is 5.97 Å². The van der Waals surface area contributed by atoms with E-state index in [9.17, 15) is 4.79 Å². The van der Waals surface area contributed by atoms with Gasteiger partial charge in [-0.1, -0.05) is 55.0 Å². The highest BCUT2D eigenvalue weighted by atomic mass is 16.6. The largest absolute Gasteiger partial charge is 0.461 e. The molecule has 1 aromatic carbocycles. The molecule has 3 aliphatic rings. The topological polar surface area (TPSA) is 42.9 Å². The van der Waals surface area contributed by atoms with E-state index in [1.165, 1.54) is 23.1 Å². The molecule has 2 N–H and O–H groups in total. The first-order valence-electron chi connectivity index (χ1n) is 9.96. The van der Waals surface area contributed by atoms with Crippen molar-refractivity contribution in [3.8, 4) is 0 Å². The molecule has 1 aromatic rings. The fourth-order valence-corrected chi connectivity index (χ4v) is 5.14. The Kier molecular flexibility index (Phi) is 4.52. The van der Waals surface area contributed by atoms with Crippen molar-refractivity contribution >= 4 is 5.97 Å². The number of esters is 1. The monoisotopic (exact) mass is 352 g/mol. The molecule has 138 valence electrons. The van der Waals surface area contributed by atoms with Crippen LogP contribution >= 0.6 is 0 Å². The number of rotatable bonds is 4. The molecule has 3 nitrogen and oxygen atoms in total. The van der Waals surface area contributed by atoms with Crippen molar-refractivity contribution in [1.29, 1.82) is 0 Å².